The standard InChI is InChI=1S/C19H30N2O/c1-4-14(3)18(20)19(22)21-12-11-17(15(5-2)13-21)16-9-7-6-8-10-16/h6-10,14-15,17-18H,4-5,11-13,20H2,1-3H3. The van der Waals surface area contributed by atoms with Crippen molar-refractivity contribution < 1.29 is 4.79 Å². The summed E-state index contributed by atoms with van der Waals surface area (Å²) in [4.78, 5) is 14.6. The molecule has 2 rings (SSSR count). The number of nitrogens with two attached hydrogens (primary N) is 1. The Morgan fingerprint density at radius 1 is 1.32 bits per heavy atom. The van der Waals surface area contributed by atoms with E-state index >= 15 is 0 Å². The maximum atomic E-state index is 12.6. The highest BCUT2D eigenvalue weighted by molar-refractivity contribution is 5.82. The lowest BCUT2D eigenvalue weighted by atomic mass is 9.79. The quantitative estimate of drug-likeness (QED) is 0.906. The maximum absolute atomic E-state index is 12.6. The molecule has 1 heterocycles. The van der Waals surface area contributed by atoms with Gasteiger partial charge >= 0.3 is 0 Å². The van der Waals surface area contributed by atoms with E-state index in [-0.39, 0.29) is 17.9 Å². The normalized spacial score (nSPS) is 24.8. The molecular weight excluding hydrogens is 272 g/mol. The van der Waals surface area contributed by atoms with Crippen LogP contribution >= 0.6 is 0 Å². The average molecular weight is 302 g/mol. The molecule has 0 radical (unpaired) electrons. The highest BCUT2D eigenvalue weighted by Gasteiger charge is 2.33. The van der Waals surface area contributed by atoms with Crippen LogP contribution in [0.1, 0.15) is 51.5 Å². The molecule has 0 aliphatic carbocycles. The number of hydrogen-bond acceptors (Lipinski definition) is 2. The molecule has 1 saturated heterocycles. The van der Waals surface area contributed by atoms with Crippen LogP contribution in [-0.2, 0) is 4.79 Å². The molecule has 1 aromatic rings. The van der Waals surface area contributed by atoms with Gasteiger partial charge in [-0.25, -0.2) is 0 Å². The Bertz CT molecular complexity index is 474. The predicted octanol–water partition coefficient (Wildman–Crippen LogP) is 3.40. The van der Waals surface area contributed by atoms with E-state index in [2.05, 4.69) is 51.1 Å². The lowest BCUT2D eigenvalue weighted by molar-refractivity contribution is -0.135. The number of benzene rings is 1. The van der Waals surface area contributed by atoms with E-state index in [1.165, 1.54) is 5.56 Å². The topological polar surface area (TPSA) is 46.3 Å². The van der Waals surface area contributed by atoms with Crippen molar-refractivity contribution >= 4 is 5.91 Å². The van der Waals surface area contributed by atoms with Gasteiger partial charge in [-0.3, -0.25) is 4.79 Å². The number of rotatable bonds is 5. The number of hydrogen-bond donors (Lipinski definition) is 1. The largest absolute Gasteiger partial charge is 0.341 e. The SMILES string of the molecule is CCC(C)C(N)C(=O)N1CCC(c2ccccc2)C(CC)C1. The van der Waals surface area contributed by atoms with Crippen LogP contribution < -0.4 is 5.73 Å². The van der Waals surface area contributed by atoms with Crippen LogP contribution in [0.2, 0.25) is 0 Å². The zero-order chi connectivity index (χ0) is 16.1. The van der Waals surface area contributed by atoms with Crippen molar-refractivity contribution in [2.75, 3.05) is 13.1 Å². The minimum absolute atomic E-state index is 0.138. The molecule has 1 amide bonds. The van der Waals surface area contributed by atoms with Crippen LogP contribution in [0.4, 0.5) is 0 Å². The van der Waals surface area contributed by atoms with Gasteiger partial charge in [-0.1, -0.05) is 63.9 Å². The summed E-state index contributed by atoms with van der Waals surface area (Å²) < 4.78 is 0. The highest BCUT2D eigenvalue weighted by atomic mass is 16.2. The monoisotopic (exact) mass is 302 g/mol. The second kappa shape index (κ2) is 7.77. The van der Waals surface area contributed by atoms with Gasteiger partial charge in [-0.15, -0.1) is 0 Å². The van der Waals surface area contributed by atoms with E-state index < -0.39 is 0 Å². The Balaban J connectivity index is 2.05. The first-order valence-corrected chi connectivity index (χ1v) is 8.67. The van der Waals surface area contributed by atoms with E-state index in [4.69, 9.17) is 5.73 Å². The molecule has 122 valence electrons. The van der Waals surface area contributed by atoms with Crippen LogP contribution in [0.25, 0.3) is 0 Å². The summed E-state index contributed by atoms with van der Waals surface area (Å²) in [5.74, 6) is 1.48. The van der Waals surface area contributed by atoms with Gasteiger partial charge in [0, 0.05) is 13.1 Å². The lowest BCUT2D eigenvalue weighted by Gasteiger charge is -2.40. The fourth-order valence-corrected chi connectivity index (χ4v) is 3.49. The molecule has 4 unspecified atom stereocenters. The molecule has 4 atom stereocenters. The lowest BCUT2D eigenvalue weighted by Crippen LogP contribution is -2.51. The number of carbonyl (C=O) groups excluding carboxylic acids is 1. The molecule has 0 spiro atoms. The van der Waals surface area contributed by atoms with E-state index in [9.17, 15) is 4.79 Å². The minimum atomic E-state index is -0.351. The Hall–Kier alpha value is -1.35. The summed E-state index contributed by atoms with van der Waals surface area (Å²) in [6, 6.07) is 10.4. The molecule has 0 bridgehead atoms. The maximum Gasteiger partial charge on any atom is 0.239 e. The molecule has 0 aromatic heterocycles. The van der Waals surface area contributed by atoms with Gasteiger partial charge in [0.25, 0.3) is 0 Å². The van der Waals surface area contributed by atoms with Crippen LogP contribution in [0.5, 0.6) is 0 Å². The Labute approximate surface area is 134 Å². The third-order valence-corrected chi connectivity index (χ3v) is 5.34. The molecule has 22 heavy (non-hydrogen) atoms. The third kappa shape index (κ3) is 3.70. The molecule has 3 nitrogen and oxygen atoms in total. The fraction of sp³-hybridized carbons (Fsp3) is 0.632. The van der Waals surface area contributed by atoms with Crippen LogP contribution in [-0.4, -0.2) is 29.9 Å². The van der Waals surface area contributed by atoms with Crippen LogP contribution in [0.15, 0.2) is 30.3 Å². The summed E-state index contributed by atoms with van der Waals surface area (Å²) in [5, 5.41) is 0. The van der Waals surface area contributed by atoms with E-state index in [0.717, 1.165) is 32.4 Å². The summed E-state index contributed by atoms with van der Waals surface area (Å²) in [6.07, 6.45) is 3.09. The van der Waals surface area contributed by atoms with E-state index in [1.54, 1.807) is 0 Å². The van der Waals surface area contributed by atoms with Gasteiger partial charge < -0.3 is 10.6 Å². The zero-order valence-corrected chi connectivity index (χ0v) is 14.2. The molecule has 1 aliphatic rings. The Kier molecular flexibility index (Phi) is 6.01. The number of amides is 1. The van der Waals surface area contributed by atoms with Crippen LogP contribution in [0, 0.1) is 11.8 Å². The van der Waals surface area contributed by atoms with Crippen molar-refractivity contribution in [2.45, 2.75) is 52.0 Å². The summed E-state index contributed by atoms with van der Waals surface area (Å²) in [5.41, 5.74) is 7.55. The van der Waals surface area contributed by atoms with Gasteiger partial charge in [0.1, 0.15) is 0 Å². The second-order valence-corrected chi connectivity index (χ2v) is 6.67. The van der Waals surface area contributed by atoms with Gasteiger partial charge in [0.15, 0.2) is 0 Å². The minimum Gasteiger partial charge on any atom is -0.341 e. The predicted molar refractivity (Wildman–Crippen MR) is 91.6 cm³/mol. The molecule has 1 aromatic carbocycles. The summed E-state index contributed by atoms with van der Waals surface area (Å²) in [7, 11) is 0. The molecule has 1 aliphatic heterocycles. The van der Waals surface area contributed by atoms with Crippen LogP contribution in [0.3, 0.4) is 0 Å². The van der Waals surface area contributed by atoms with Gasteiger partial charge in [-0.05, 0) is 29.7 Å². The summed E-state index contributed by atoms with van der Waals surface area (Å²) >= 11 is 0. The summed E-state index contributed by atoms with van der Waals surface area (Å²) in [6.45, 7) is 8.06. The van der Waals surface area contributed by atoms with Crippen molar-refractivity contribution in [1.82, 2.24) is 4.90 Å². The highest BCUT2D eigenvalue weighted by Crippen LogP contribution is 2.35. The van der Waals surface area contributed by atoms with Crippen molar-refractivity contribution in [1.29, 1.82) is 0 Å². The van der Waals surface area contributed by atoms with E-state index in [1.807, 2.05) is 4.90 Å². The van der Waals surface area contributed by atoms with Crippen molar-refractivity contribution in [2.24, 2.45) is 17.6 Å². The fourth-order valence-electron chi connectivity index (χ4n) is 3.49. The Morgan fingerprint density at radius 2 is 2.00 bits per heavy atom. The van der Waals surface area contributed by atoms with E-state index in [0.29, 0.717) is 11.8 Å². The number of piperidine rings is 1. The van der Waals surface area contributed by atoms with Crippen molar-refractivity contribution in [3.05, 3.63) is 35.9 Å². The zero-order valence-electron chi connectivity index (χ0n) is 14.2. The molecular formula is C19H30N2O. The van der Waals surface area contributed by atoms with Gasteiger partial charge in [0.2, 0.25) is 5.91 Å². The second-order valence-electron chi connectivity index (χ2n) is 6.67. The third-order valence-electron chi connectivity index (χ3n) is 5.34. The molecule has 0 saturated carbocycles. The molecule has 1 fully saturated rings. The molecule has 2 N–H and O–H groups in total. The van der Waals surface area contributed by atoms with Gasteiger partial charge in [0.05, 0.1) is 6.04 Å². The first kappa shape index (κ1) is 17.0. The first-order valence-electron chi connectivity index (χ1n) is 8.67. The average Bonchev–Trinajstić information content (AvgIpc) is 2.59. The molecule has 3 heteroatoms. The number of nitrogens with zero attached hydrogens (tertiary/aromatic N) is 1. The smallest absolute Gasteiger partial charge is 0.239 e. The number of carbonyl (C=O) groups is 1. The van der Waals surface area contributed by atoms with Crippen molar-refractivity contribution in [3.63, 3.8) is 0 Å². The van der Waals surface area contributed by atoms with Crippen molar-refractivity contribution in [3.8, 4) is 0 Å². The van der Waals surface area contributed by atoms with Gasteiger partial charge in [-0.2, -0.15) is 0 Å². The first-order chi connectivity index (χ1) is 10.6. The number of likely N-dealkylation sites (tertiary alicyclic amines) is 1. The Morgan fingerprint density at radius 3 is 2.59 bits per heavy atom.